The predicted molar refractivity (Wildman–Crippen MR) is 95.4 cm³/mol. The Morgan fingerprint density at radius 3 is 2.67 bits per heavy atom. The summed E-state index contributed by atoms with van der Waals surface area (Å²) in [7, 11) is 0. The van der Waals surface area contributed by atoms with Crippen molar-refractivity contribution in [3.05, 3.63) is 29.3 Å². The molecule has 1 saturated heterocycles. The molecule has 1 fully saturated rings. The van der Waals surface area contributed by atoms with Gasteiger partial charge in [-0.25, -0.2) is 0 Å². The van der Waals surface area contributed by atoms with Crippen molar-refractivity contribution >= 4 is 5.91 Å². The average molecular weight is 334 g/mol. The van der Waals surface area contributed by atoms with E-state index in [0.29, 0.717) is 18.5 Å². The van der Waals surface area contributed by atoms with Gasteiger partial charge < -0.3 is 14.8 Å². The van der Waals surface area contributed by atoms with Crippen LogP contribution in [0.2, 0.25) is 0 Å². The van der Waals surface area contributed by atoms with Crippen LogP contribution in [0.3, 0.4) is 0 Å². The first kappa shape index (κ1) is 18.7. The zero-order chi connectivity index (χ0) is 17.5. The van der Waals surface area contributed by atoms with Gasteiger partial charge in [0.05, 0.1) is 13.2 Å². The van der Waals surface area contributed by atoms with E-state index < -0.39 is 0 Å². The fourth-order valence-corrected chi connectivity index (χ4v) is 2.97. The second-order valence-corrected chi connectivity index (χ2v) is 6.82. The molecule has 0 spiro atoms. The minimum absolute atomic E-state index is 0.0538. The molecule has 134 valence electrons. The molecule has 1 heterocycles. The molecule has 0 aromatic heterocycles. The highest BCUT2D eigenvalue weighted by molar-refractivity contribution is 5.77. The average Bonchev–Trinajstić information content (AvgIpc) is 2.56. The van der Waals surface area contributed by atoms with Crippen molar-refractivity contribution in [3.8, 4) is 5.75 Å². The van der Waals surface area contributed by atoms with Gasteiger partial charge in [-0.05, 0) is 37.0 Å². The van der Waals surface area contributed by atoms with Crippen LogP contribution in [0.15, 0.2) is 18.2 Å². The van der Waals surface area contributed by atoms with Gasteiger partial charge in [0.25, 0.3) is 5.91 Å². The van der Waals surface area contributed by atoms with E-state index in [4.69, 9.17) is 9.47 Å². The van der Waals surface area contributed by atoms with Crippen LogP contribution in [-0.4, -0.2) is 56.3 Å². The van der Waals surface area contributed by atoms with Crippen LogP contribution in [-0.2, 0) is 9.53 Å². The molecule has 1 aromatic rings. The molecule has 5 heteroatoms. The SMILES string of the molecule is Cc1ccc(C)c(OCC(=O)NCC(C(C)C)N2CCOCC2)c1. The van der Waals surface area contributed by atoms with Crippen molar-refractivity contribution in [1.82, 2.24) is 10.2 Å². The quantitative estimate of drug-likeness (QED) is 0.830. The number of nitrogens with one attached hydrogen (secondary N) is 1. The number of ether oxygens (including phenoxy) is 2. The molecule has 1 N–H and O–H groups in total. The van der Waals surface area contributed by atoms with Crippen LogP contribution in [0.4, 0.5) is 0 Å². The van der Waals surface area contributed by atoms with Crippen molar-refractivity contribution < 1.29 is 14.3 Å². The maximum atomic E-state index is 12.1. The van der Waals surface area contributed by atoms with Gasteiger partial charge >= 0.3 is 0 Å². The summed E-state index contributed by atoms with van der Waals surface area (Å²) in [6.45, 7) is 12.5. The Balaban J connectivity index is 1.81. The van der Waals surface area contributed by atoms with E-state index in [9.17, 15) is 4.79 Å². The minimum Gasteiger partial charge on any atom is -0.483 e. The van der Waals surface area contributed by atoms with Gasteiger partial charge in [0.1, 0.15) is 5.75 Å². The maximum absolute atomic E-state index is 12.1. The molecule has 1 amide bonds. The van der Waals surface area contributed by atoms with E-state index in [1.165, 1.54) is 0 Å². The molecule has 5 nitrogen and oxygen atoms in total. The van der Waals surface area contributed by atoms with Gasteiger partial charge in [-0.3, -0.25) is 9.69 Å². The summed E-state index contributed by atoms with van der Waals surface area (Å²) in [6.07, 6.45) is 0. The summed E-state index contributed by atoms with van der Waals surface area (Å²) >= 11 is 0. The monoisotopic (exact) mass is 334 g/mol. The molecule has 2 rings (SSSR count). The Hall–Kier alpha value is -1.59. The topological polar surface area (TPSA) is 50.8 Å². The van der Waals surface area contributed by atoms with Crippen molar-refractivity contribution in [2.45, 2.75) is 33.7 Å². The molecule has 1 aliphatic heterocycles. The Morgan fingerprint density at radius 2 is 2.00 bits per heavy atom. The molecule has 0 aliphatic carbocycles. The Morgan fingerprint density at radius 1 is 1.29 bits per heavy atom. The summed E-state index contributed by atoms with van der Waals surface area (Å²) in [4.78, 5) is 14.5. The maximum Gasteiger partial charge on any atom is 0.257 e. The molecule has 1 aromatic carbocycles. The number of nitrogens with zero attached hydrogens (tertiary/aromatic N) is 1. The van der Waals surface area contributed by atoms with Crippen LogP contribution in [0, 0.1) is 19.8 Å². The van der Waals surface area contributed by atoms with E-state index in [-0.39, 0.29) is 12.5 Å². The zero-order valence-corrected chi connectivity index (χ0v) is 15.3. The van der Waals surface area contributed by atoms with Crippen LogP contribution in [0.25, 0.3) is 0 Å². The highest BCUT2D eigenvalue weighted by Gasteiger charge is 2.24. The van der Waals surface area contributed by atoms with Crippen molar-refractivity contribution in [3.63, 3.8) is 0 Å². The lowest BCUT2D eigenvalue weighted by molar-refractivity contribution is -0.123. The predicted octanol–water partition coefficient (Wildman–Crippen LogP) is 2.16. The molecule has 1 atom stereocenters. The molecule has 1 aliphatic rings. The third-order valence-corrected chi connectivity index (χ3v) is 4.50. The first-order chi connectivity index (χ1) is 11.5. The van der Waals surface area contributed by atoms with E-state index in [0.717, 1.165) is 43.2 Å². The van der Waals surface area contributed by atoms with Gasteiger partial charge in [0.15, 0.2) is 6.61 Å². The molecule has 24 heavy (non-hydrogen) atoms. The lowest BCUT2D eigenvalue weighted by Gasteiger charge is -2.36. The number of aryl methyl sites for hydroxylation is 2. The second kappa shape index (κ2) is 9.04. The van der Waals surface area contributed by atoms with Crippen molar-refractivity contribution in [2.24, 2.45) is 5.92 Å². The summed E-state index contributed by atoms with van der Waals surface area (Å²) in [6, 6.07) is 6.35. The molecule has 0 bridgehead atoms. The largest absolute Gasteiger partial charge is 0.483 e. The standard InChI is InChI=1S/C19H30N2O3/c1-14(2)17(21-7-9-23-10-8-21)12-20-19(22)13-24-18-11-15(3)5-6-16(18)4/h5-6,11,14,17H,7-10,12-13H2,1-4H3,(H,20,22). The first-order valence-electron chi connectivity index (χ1n) is 8.76. The zero-order valence-electron chi connectivity index (χ0n) is 15.3. The number of hydrogen-bond donors (Lipinski definition) is 1. The number of carbonyl (C=O) groups is 1. The third kappa shape index (κ3) is 5.49. The van der Waals surface area contributed by atoms with E-state index in [1.54, 1.807) is 0 Å². The first-order valence-corrected chi connectivity index (χ1v) is 8.76. The summed E-state index contributed by atoms with van der Waals surface area (Å²) in [5.74, 6) is 1.18. The van der Waals surface area contributed by atoms with Gasteiger partial charge in [-0.2, -0.15) is 0 Å². The van der Waals surface area contributed by atoms with E-state index in [1.807, 2.05) is 32.0 Å². The van der Waals surface area contributed by atoms with Crippen molar-refractivity contribution in [1.29, 1.82) is 0 Å². The molecular weight excluding hydrogens is 304 g/mol. The Labute approximate surface area is 145 Å². The Bertz CT molecular complexity index is 539. The fraction of sp³-hybridized carbons (Fsp3) is 0.632. The highest BCUT2D eigenvalue weighted by Crippen LogP contribution is 2.19. The summed E-state index contributed by atoms with van der Waals surface area (Å²) in [5.41, 5.74) is 2.17. The van der Waals surface area contributed by atoms with Crippen molar-refractivity contribution in [2.75, 3.05) is 39.5 Å². The van der Waals surface area contributed by atoms with Gasteiger partial charge in [-0.1, -0.05) is 26.0 Å². The van der Waals surface area contributed by atoms with Crippen LogP contribution in [0.1, 0.15) is 25.0 Å². The van der Waals surface area contributed by atoms with Gasteiger partial charge in [0.2, 0.25) is 0 Å². The van der Waals surface area contributed by atoms with Gasteiger partial charge in [-0.15, -0.1) is 0 Å². The minimum atomic E-state index is -0.0742. The number of morpholine rings is 1. The van der Waals surface area contributed by atoms with Crippen LogP contribution in [0.5, 0.6) is 5.75 Å². The van der Waals surface area contributed by atoms with E-state index in [2.05, 4.69) is 24.1 Å². The van der Waals surface area contributed by atoms with Gasteiger partial charge in [0, 0.05) is 25.7 Å². The number of hydrogen-bond acceptors (Lipinski definition) is 4. The number of benzene rings is 1. The number of carbonyl (C=O) groups excluding carboxylic acids is 1. The number of rotatable bonds is 7. The molecule has 0 radical (unpaired) electrons. The Kier molecular flexibility index (Phi) is 7.06. The normalized spacial score (nSPS) is 16.9. The summed E-state index contributed by atoms with van der Waals surface area (Å²) < 4.78 is 11.1. The second-order valence-electron chi connectivity index (χ2n) is 6.82. The lowest BCUT2D eigenvalue weighted by atomic mass is 10.0. The number of amides is 1. The van der Waals surface area contributed by atoms with E-state index >= 15 is 0 Å². The van der Waals surface area contributed by atoms with Crippen LogP contribution < -0.4 is 10.1 Å². The fourth-order valence-electron chi connectivity index (χ4n) is 2.97. The van der Waals surface area contributed by atoms with Crippen LogP contribution >= 0.6 is 0 Å². The molecular formula is C19H30N2O3. The summed E-state index contributed by atoms with van der Waals surface area (Å²) in [5, 5.41) is 3.02. The lowest BCUT2D eigenvalue weighted by Crippen LogP contribution is -2.51. The smallest absolute Gasteiger partial charge is 0.257 e. The molecule has 0 saturated carbocycles. The highest BCUT2D eigenvalue weighted by atomic mass is 16.5. The molecule has 1 unspecified atom stereocenters. The third-order valence-electron chi connectivity index (χ3n) is 4.50.